The van der Waals surface area contributed by atoms with Gasteiger partial charge in [0.25, 0.3) is 0 Å². The van der Waals surface area contributed by atoms with Gasteiger partial charge in [-0.15, -0.1) is 0 Å². The molecule has 1 rings (SSSR count). The first-order valence-corrected chi connectivity index (χ1v) is 6.12. The number of benzene rings is 1. The van der Waals surface area contributed by atoms with Gasteiger partial charge in [-0.05, 0) is 68.0 Å². The van der Waals surface area contributed by atoms with Crippen LogP contribution in [-0.4, -0.2) is 11.7 Å². The maximum Gasteiger partial charge on any atom is 0.412 e. The minimum absolute atomic E-state index is 0.419. The van der Waals surface area contributed by atoms with Crippen molar-refractivity contribution in [1.29, 1.82) is 0 Å². The average molecular weight is 333 g/mol. The zero-order valence-electron chi connectivity index (χ0n) is 9.93. The minimum atomic E-state index is -0.472. The number of hydrogen-bond donors (Lipinski definition) is 1. The molecule has 1 N–H and O–H groups in total. The molecule has 0 radical (unpaired) electrons. The molecular weight excluding hydrogens is 317 g/mol. The molecule has 16 heavy (non-hydrogen) atoms. The normalized spacial score (nSPS) is 11.1. The van der Waals surface area contributed by atoms with Gasteiger partial charge in [0.05, 0.1) is 0 Å². The third-order valence-corrected chi connectivity index (χ3v) is 3.07. The molecule has 0 unspecified atom stereocenters. The highest BCUT2D eigenvalue weighted by Crippen LogP contribution is 2.21. The van der Waals surface area contributed by atoms with Crippen molar-refractivity contribution in [3.63, 3.8) is 0 Å². The Balaban J connectivity index is 2.74. The summed E-state index contributed by atoms with van der Waals surface area (Å²) in [5, 5.41) is 2.74. The van der Waals surface area contributed by atoms with E-state index in [0.717, 1.165) is 14.8 Å². The van der Waals surface area contributed by atoms with Crippen LogP contribution in [0.15, 0.2) is 18.2 Å². The Morgan fingerprint density at radius 1 is 1.38 bits per heavy atom. The van der Waals surface area contributed by atoms with Gasteiger partial charge in [0.1, 0.15) is 5.60 Å². The molecule has 0 spiro atoms. The van der Waals surface area contributed by atoms with Gasteiger partial charge in [0, 0.05) is 9.26 Å². The second kappa shape index (κ2) is 5.03. The number of rotatable bonds is 1. The van der Waals surface area contributed by atoms with Gasteiger partial charge >= 0.3 is 6.09 Å². The summed E-state index contributed by atoms with van der Waals surface area (Å²) in [6.45, 7) is 7.49. The van der Waals surface area contributed by atoms with E-state index in [1.807, 2.05) is 45.9 Å². The van der Waals surface area contributed by atoms with E-state index < -0.39 is 11.7 Å². The Kier molecular flexibility index (Phi) is 4.18. The highest BCUT2D eigenvalue weighted by atomic mass is 127. The van der Waals surface area contributed by atoms with Gasteiger partial charge in [-0.3, -0.25) is 5.32 Å². The van der Waals surface area contributed by atoms with Gasteiger partial charge in [0.2, 0.25) is 0 Å². The molecule has 3 nitrogen and oxygen atoms in total. The number of amides is 1. The highest BCUT2D eigenvalue weighted by molar-refractivity contribution is 14.1. The lowest BCUT2D eigenvalue weighted by atomic mass is 10.2. The Morgan fingerprint density at radius 3 is 2.56 bits per heavy atom. The van der Waals surface area contributed by atoms with Gasteiger partial charge in [-0.2, -0.15) is 0 Å². The lowest BCUT2D eigenvalue weighted by Crippen LogP contribution is -2.27. The molecule has 0 atom stereocenters. The van der Waals surface area contributed by atoms with E-state index in [9.17, 15) is 4.79 Å². The first kappa shape index (κ1) is 13.3. The van der Waals surface area contributed by atoms with Crippen LogP contribution in [0.3, 0.4) is 0 Å². The van der Waals surface area contributed by atoms with E-state index >= 15 is 0 Å². The summed E-state index contributed by atoms with van der Waals surface area (Å²) in [4.78, 5) is 11.6. The third-order valence-electron chi connectivity index (χ3n) is 1.90. The summed E-state index contributed by atoms with van der Waals surface area (Å²) >= 11 is 2.23. The fourth-order valence-electron chi connectivity index (χ4n) is 1.16. The van der Waals surface area contributed by atoms with Gasteiger partial charge in [-0.25, -0.2) is 4.79 Å². The van der Waals surface area contributed by atoms with E-state index in [-0.39, 0.29) is 0 Å². The fraction of sp³-hybridized carbons (Fsp3) is 0.417. The molecule has 0 bridgehead atoms. The Bertz CT molecular complexity index is 396. The first-order chi connectivity index (χ1) is 7.29. The third kappa shape index (κ3) is 4.00. The van der Waals surface area contributed by atoms with Crippen molar-refractivity contribution >= 4 is 34.4 Å². The number of anilines is 1. The molecule has 1 aromatic carbocycles. The van der Waals surface area contributed by atoms with E-state index in [1.54, 1.807) is 0 Å². The molecule has 0 saturated carbocycles. The van der Waals surface area contributed by atoms with E-state index in [1.165, 1.54) is 0 Å². The summed E-state index contributed by atoms with van der Waals surface area (Å²) in [5.41, 5.74) is 1.37. The fourth-order valence-corrected chi connectivity index (χ4v) is 1.65. The number of hydrogen-bond acceptors (Lipinski definition) is 2. The maximum atomic E-state index is 11.6. The van der Waals surface area contributed by atoms with Gasteiger partial charge in [-0.1, -0.05) is 6.07 Å². The van der Waals surface area contributed by atoms with Crippen LogP contribution in [0.5, 0.6) is 0 Å². The van der Waals surface area contributed by atoms with Crippen molar-refractivity contribution in [2.45, 2.75) is 33.3 Å². The zero-order chi connectivity index (χ0) is 12.3. The summed E-state index contributed by atoms with van der Waals surface area (Å²) in [7, 11) is 0. The largest absolute Gasteiger partial charge is 0.444 e. The Labute approximate surface area is 110 Å². The topological polar surface area (TPSA) is 38.3 Å². The first-order valence-electron chi connectivity index (χ1n) is 5.05. The molecule has 88 valence electrons. The van der Waals surface area contributed by atoms with Crippen molar-refractivity contribution in [1.82, 2.24) is 0 Å². The second-order valence-corrected chi connectivity index (χ2v) is 5.70. The number of carbonyl (C=O) groups excluding carboxylic acids is 1. The molecule has 4 heteroatoms. The summed E-state index contributed by atoms with van der Waals surface area (Å²) in [5.74, 6) is 0. The van der Waals surface area contributed by atoms with Crippen molar-refractivity contribution in [3.05, 3.63) is 27.3 Å². The van der Waals surface area contributed by atoms with E-state index in [2.05, 4.69) is 27.9 Å². The summed E-state index contributed by atoms with van der Waals surface area (Å²) in [6.07, 6.45) is -0.419. The lowest BCUT2D eigenvalue weighted by molar-refractivity contribution is 0.0636. The zero-order valence-corrected chi connectivity index (χ0v) is 12.1. The smallest absolute Gasteiger partial charge is 0.412 e. The van der Waals surface area contributed by atoms with Crippen LogP contribution in [-0.2, 0) is 4.74 Å². The molecule has 0 heterocycles. The number of carbonyl (C=O) groups is 1. The van der Waals surface area contributed by atoms with Crippen molar-refractivity contribution in [2.75, 3.05) is 5.32 Å². The predicted molar refractivity (Wildman–Crippen MR) is 73.8 cm³/mol. The van der Waals surface area contributed by atoms with E-state index in [0.29, 0.717) is 0 Å². The molecule has 0 aromatic heterocycles. The van der Waals surface area contributed by atoms with Crippen molar-refractivity contribution in [3.8, 4) is 0 Å². The van der Waals surface area contributed by atoms with Gasteiger partial charge < -0.3 is 4.74 Å². The van der Waals surface area contributed by atoms with Crippen LogP contribution in [0.25, 0.3) is 0 Å². The van der Waals surface area contributed by atoms with Crippen LogP contribution in [0.4, 0.5) is 10.5 Å². The number of nitrogens with one attached hydrogen (secondary N) is 1. The predicted octanol–water partition coefficient (Wildman–Crippen LogP) is 3.95. The Morgan fingerprint density at radius 2 is 2.00 bits per heavy atom. The number of ether oxygens (including phenoxy) is 1. The van der Waals surface area contributed by atoms with Crippen LogP contribution in [0.1, 0.15) is 26.3 Å². The number of halogens is 1. The molecule has 0 fully saturated rings. The minimum Gasteiger partial charge on any atom is -0.444 e. The molecule has 1 aromatic rings. The molecule has 1 amide bonds. The van der Waals surface area contributed by atoms with Crippen LogP contribution < -0.4 is 5.32 Å². The van der Waals surface area contributed by atoms with Crippen LogP contribution >= 0.6 is 22.6 Å². The quantitative estimate of drug-likeness (QED) is 0.791. The van der Waals surface area contributed by atoms with Crippen LogP contribution in [0.2, 0.25) is 0 Å². The standard InChI is InChI=1S/C12H16INO2/c1-8-9(13)6-5-7-10(8)14-11(15)16-12(2,3)4/h5-7H,1-4H3,(H,14,15). The monoisotopic (exact) mass is 333 g/mol. The van der Waals surface area contributed by atoms with Crippen molar-refractivity contribution < 1.29 is 9.53 Å². The van der Waals surface area contributed by atoms with Crippen LogP contribution in [0, 0.1) is 10.5 Å². The van der Waals surface area contributed by atoms with E-state index in [4.69, 9.17) is 4.74 Å². The summed E-state index contributed by atoms with van der Waals surface area (Å²) in [6, 6.07) is 5.76. The van der Waals surface area contributed by atoms with Crippen molar-refractivity contribution in [2.24, 2.45) is 0 Å². The SMILES string of the molecule is Cc1c(I)cccc1NC(=O)OC(C)(C)C. The summed E-state index contributed by atoms with van der Waals surface area (Å²) < 4.78 is 6.30. The van der Waals surface area contributed by atoms with Gasteiger partial charge in [0.15, 0.2) is 0 Å². The lowest BCUT2D eigenvalue weighted by Gasteiger charge is -2.20. The average Bonchev–Trinajstić information content (AvgIpc) is 2.09. The molecule has 0 saturated heterocycles. The maximum absolute atomic E-state index is 11.6. The molecular formula is C12H16INO2. The second-order valence-electron chi connectivity index (χ2n) is 4.54. The highest BCUT2D eigenvalue weighted by Gasteiger charge is 2.16. The molecule has 0 aliphatic heterocycles. The molecule has 0 aliphatic rings. The Hall–Kier alpha value is -0.780. The molecule has 0 aliphatic carbocycles.